The molecular formula is C24H30N5NaO9S3. The Labute approximate surface area is 267 Å². The third-order valence-corrected chi connectivity index (χ3v) is 9.93. The van der Waals surface area contributed by atoms with Crippen LogP contribution in [0.2, 0.25) is 0 Å². The van der Waals surface area contributed by atoms with Crippen molar-refractivity contribution in [3.63, 3.8) is 0 Å². The molecule has 42 heavy (non-hydrogen) atoms. The van der Waals surface area contributed by atoms with Crippen LogP contribution in [0.15, 0.2) is 68.6 Å². The van der Waals surface area contributed by atoms with E-state index in [1.54, 1.807) is 20.8 Å². The number of hydrogen-bond acceptors (Lipinski definition) is 10. The maximum atomic E-state index is 13.2. The summed E-state index contributed by atoms with van der Waals surface area (Å²) in [4.78, 5) is -0.878. The molecule has 14 nitrogen and oxygen atoms in total. The van der Waals surface area contributed by atoms with Crippen molar-refractivity contribution in [3.8, 4) is 5.75 Å². The van der Waals surface area contributed by atoms with Crippen molar-refractivity contribution >= 4 is 58.2 Å². The fourth-order valence-corrected chi connectivity index (χ4v) is 7.27. The van der Waals surface area contributed by atoms with Gasteiger partial charge >= 0.3 is 39.8 Å². The molecule has 1 fully saturated rings. The number of morpholine rings is 1. The van der Waals surface area contributed by atoms with Crippen molar-refractivity contribution in [2.45, 2.75) is 36.1 Å². The number of phenolic OH excluding ortho intramolecular Hbond substituents is 1. The van der Waals surface area contributed by atoms with E-state index in [0.29, 0.717) is 0 Å². The molecule has 0 bridgehead atoms. The van der Waals surface area contributed by atoms with Crippen LogP contribution in [-0.4, -0.2) is 71.1 Å². The number of nitrogens with zero attached hydrogens (tertiary/aromatic N) is 3. The first-order chi connectivity index (χ1) is 19.0. The number of hydrogen-bond donors (Lipinski definition) is 4. The smallest absolute Gasteiger partial charge is 1.00 e. The molecule has 0 saturated carbocycles. The van der Waals surface area contributed by atoms with Crippen molar-refractivity contribution < 1.29 is 70.6 Å². The Morgan fingerprint density at radius 3 is 2.14 bits per heavy atom. The second kappa shape index (κ2) is 12.8. The summed E-state index contributed by atoms with van der Waals surface area (Å²) in [5, 5.41) is 19.3. The Hall–Kier alpha value is -2.19. The molecule has 4 rings (SSSR count). The summed E-state index contributed by atoms with van der Waals surface area (Å²) in [6, 6.07) is 10.1. The molecule has 0 unspecified atom stereocenters. The van der Waals surface area contributed by atoms with Crippen LogP contribution in [0.5, 0.6) is 5.75 Å². The van der Waals surface area contributed by atoms with Crippen LogP contribution in [0.25, 0.3) is 10.8 Å². The fourth-order valence-electron chi connectivity index (χ4n) is 4.04. The van der Waals surface area contributed by atoms with E-state index in [0.717, 1.165) is 18.2 Å². The van der Waals surface area contributed by atoms with Crippen LogP contribution in [0.3, 0.4) is 0 Å². The zero-order valence-corrected chi connectivity index (χ0v) is 27.7. The molecule has 0 atom stereocenters. The van der Waals surface area contributed by atoms with E-state index in [2.05, 4.69) is 19.7 Å². The average molecular weight is 652 g/mol. The molecule has 1 saturated heterocycles. The van der Waals surface area contributed by atoms with Gasteiger partial charge in [-0.15, -0.1) is 5.11 Å². The van der Waals surface area contributed by atoms with Crippen molar-refractivity contribution in [1.29, 1.82) is 0 Å². The average Bonchev–Trinajstić information content (AvgIpc) is 2.87. The van der Waals surface area contributed by atoms with E-state index in [1.165, 1.54) is 34.6 Å². The minimum atomic E-state index is -4.44. The van der Waals surface area contributed by atoms with Crippen LogP contribution in [0.1, 0.15) is 22.2 Å². The molecule has 1 aliphatic rings. The largest absolute Gasteiger partial charge is 1.00 e. The molecule has 0 amide bonds. The summed E-state index contributed by atoms with van der Waals surface area (Å²) in [5.74, 6) is -0.624. The van der Waals surface area contributed by atoms with E-state index < -0.39 is 46.5 Å². The number of rotatable bonds is 8. The molecule has 1 heterocycles. The summed E-state index contributed by atoms with van der Waals surface area (Å²) in [7, 11) is -12.8. The number of benzene rings is 3. The number of nitrogens with one attached hydrogen (secondary N) is 2. The van der Waals surface area contributed by atoms with Gasteiger partial charge in [0.1, 0.15) is 10.6 Å². The van der Waals surface area contributed by atoms with Gasteiger partial charge in [0, 0.05) is 29.4 Å². The van der Waals surface area contributed by atoms with Crippen LogP contribution < -0.4 is 39.0 Å². The van der Waals surface area contributed by atoms with Crippen molar-refractivity contribution in [2.75, 3.05) is 31.0 Å². The van der Waals surface area contributed by atoms with E-state index >= 15 is 0 Å². The van der Waals surface area contributed by atoms with Crippen molar-refractivity contribution in [1.82, 2.24) is 9.03 Å². The molecule has 224 valence electrons. The molecule has 0 radical (unpaired) electrons. The van der Waals surface area contributed by atoms with Gasteiger partial charge in [-0.05, 0) is 57.2 Å². The summed E-state index contributed by atoms with van der Waals surface area (Å²) >= 11 is 0. The number of azo groups is 1. The molecular weight excluding hydrogens is 621 g/mol. The second-order valence-electron chi connectivity index (χ2n) is 10.1. The zero-order valence-electron chi connectivity index (χ0n) is 24.3. The van der Waals surface area contributed by atoms with E-state index in [4.69, 9.17) is 4.74 Å². The molecule has 1 aliphatic heterocycles. The van der Waals surface area contributed by atoms with E-state index in [1.807, 2.05) is 0 Å². The van der Waals surface area contributed by atoms with Gasteiger partial charge < -0.3 is 11.3 Å². The Balaban J connectivity index is 0.00000323. The van der Waals surface area contributed by atoms with E-state index in [-0.39, 0.29) is 90.0 Å². The summed E-state index contributed by atoms with van der Waals surface area (Å²) in [6.45, 7) is 5.55. The SMILES string of the molecule is CC(C)(C)NS(=O)(=O)c1cc(N=Nc2ccc(S(=O)(=O)O)cc2)c2c(NS(=O)(=O)N3CCOCC3)cccc2c1O.[H-].[Na+]. The van der Waals surface area contributed by atoms with Gasteiger partial charge in [-0.1, -0.05) is 12.1 Å². The number of aromatic hydroxyl groups is 1. The van der Waals surface area contributed by atoms with Gasteiger partial charge in [0.25, 0.3) is 10.1 Å². The van der Waals surface area contributed by atoms with Crippen LogP contribution in [0.4, 0.5) is 17.1 Å². The van der Waals surface area contributed by atoms with Gasteiger partial charge in [0.05, 0.1) is 35.2 Å². The normalized spacial score (nSPS) is 15.5. The molecule has 0 spiro atoms. The predicted molar refractivity (Wildman–Crippen MR) is 152 cm³/mol. The Morgan fingerprint density at radius 1 is 0.952 bits per heavy atom. The van der Waals surface area contributed by atoms with Crippen molar-refractivity contribution in [2.24, 2.45) is 10.2 Å². The minimum absolute atomic E-state index is 0. The summed E-state index contributed by atoms with van der Waals surface area (Å²) in [6.07, 6.45) is 0. The Bertz CT molecular complexity index is 1830. The number of fused-ring (bicyclic) bond motifs is 1. The number of ether oxygens (including phenoxy) is 1. The first-order valence-corrected chi connectivity index (χ1v) is 16.5. The van der Waals surface area contributed by atoms with Gasteiger partial charge in [-0.25, -0.2) is 13.1 Å². The Morgan fingerprint density at radius 2 is 1.57 bits per heavy atom. The molecule has 0 aliphatic carbocycles. The maximum Gasteiger partial charge on any atom is 1.00 e. The van der Waals surface area contributed by atoms with Gasteiger partial charge in [-0.2, -0.15) is 26.3 Å². The maximum absolute atomic E-state index is 13.2. The van der Waals surface area contributed by atoms with Gasteiger partial charge in [0.15, 0.2) is 0 Å². The molecule has 0 aromatic heterocycles. The van der Waals surface area contributed by atoms with Crippen LogP contribution >= 0.6 is 0 Å². The standard InChI is InChI=1S/C24H29N5O9S3.Na.H/c1-24(2,3)28-39(31,32)21-15-20(26-25-16-7-9-17(10-8-16)40(33,34)35)22-18(23(21)30)5-4-6-19(22)27-41(36,37)29-11-13-38-14-12-29;;/h4-10,15,27-28,30H,11-14H2,1-3H3,(H,33,34,35);;/q;+1;-1. The first kappa shape index (κ1) is 34.3. The predicted octanol–water partition coefficient (Wildman–Crippen LogP) is 0.390. The molecule has 18 heteroatoms. The third kappa shape index (κ3) is 8.04. The quantitative estimate of drug-likeness (QED) is 0.151. The molecule has 3 aromatic carbocycles. The van der Waals surface area contributed by atoms with Gasteiger partial charge in [-0.3, -0.25) is 9.27 Å². The number of phenols is 1. The molecule has 3 aromatic rings. The summed E-state index contributed by atoms with van der Waals surface area (Å²) in [5.41, 5.74) is -0.854. The van der Waals surface area contributed by atoms with Gasteiger partial charge in [0.2, 0.25) is 10.0 Å². The monoisotopic (exact) mass is 651 g/mol. The topological polar surface area (TPSA) is 204 Å². The molecule has 4 N–H and O–H groups in total. The van der Waals surface area contributed by atoms with E-state index in [9.17, 15) is 34.9 Å². The Kier molecular flexibility index (Phi) is 10.5. The van der Waals surface area contributed by atoms with Crippen molar-refractivity contribution in [3.05, 3.63) is 48.5 Å². The third-order valence-electron chi connectivity index (χ3n) is 5.76. The minimum Gasteiger partial charge on any atom is -1.00 e. The summed E-state index contributed by atoms with van der Waals surface area (Å²) < 4.78 is 96.0. The first-order valence-electron chi connectivity index (χ1n) is 12.2. The zero-order chi connectivity index (χ0) is 30.2. The second-order valence-corrected chi connectivity index (χ2v) is 14.9. The van der Waals surface area contributed by atoms with Crippen LogP contribution in [0, 0.1) is 0 Å². The van der Waals surface area contributed by atoms with Crippen LogP contribution in [-0.2, 0) is 35.1 Å². The number of sulfonamides is 1. The fraction of sp³-hybridized carbons (Fsp3) is 0.333. The number of anilines is 1.